The molecule has 0 aliphatic rings. The number of halogens is 3. The first-order valence-electron chi connectivity index (χ1n) is 5.76. The molecule has 0 saturated heterocycles. The van der Waals surface area contributed by atoms with Crippen LogP contribution in [0.2, 0.25) is 15.2 Å². The molecule has 0 fully saturated rings. The largest absolute Gasteiger partial charge is 0.369 e. The summed E-state index contributed by atoms with van der Waals surface area (Å²) in [5, 5.41) is 4.33. The van der Waals surface area contributed by atoms with Crippen LogP contribution in [0.1, 0.15) is 33.1 Å². The Hall–Kier alpha value is -0.180. The Morgan fingerprint density at radius 1 is 1.18 bits per heavy atom. The molecule has 0 amide bonds. The van der Waals surface area contributed by atoms with Gasteiger partial charge in [0.15, 0.2) is 0 Å². The summed E-state index contributed by atoms with van der Waals surface area (Å²) < 4.78 is 0. The number of unbranched alkanes of at least 4 members (excludes halogenated alkanes) is 1. The predicted molar refractivity (Wildman–Crippen MR) is 76.4 cm³/mol. The summed E-state index contributed by atoms with van der Waals surface area (Å²) in [7, 11) is 0. The van der Waals surface area contributed by atoms with E-state index in [1.807, 2.05) is 0 Å². The van der Waals surface area contributed by atoms with Crippen molar-refractivity contribution in [3.05, 3.63) is 21.3 Å². The van der Waals surface area contributed by atoms with Crippen LogP contribution >= 0.6 is 34.8 Å². The molecule has 0 aliphatic carbocycles. The van der Waals surface area contributed by atoms with E-state index in [-0.39, 0.29) is 5.15 Å². The van der Waals surface area contributed by atoms with Crippen LogP contribution in [-0.2, 0) is 0 Å². The minimum Gasteiger partial charge on any atom is -0.369 e. The van der Waals surface area contributed by atoms with Gasteiger partial charge in [0, 0.05) is 6.54 Å². The number of nitrogens with one attached hydrogen (secondary N) is 1. The summed E-state index contributed by atoms with van der Waals surface area (Å²) in [4.78, 5) is 4.10. The molecule has 17 heavy (non-hydrogen) atoms. The van der Waals surface area contributed by atoms with Crippen molar-refractivity contribution in [1.82, 2.24) is 4.98 Å². The molecule has 5 heteroatoms. The highest BCUT2D eigenvalue weighted by Gasteiger charge is 2.06. The van der Waals surface area contributed by atoms with E-state index in [1.54, 1.807) is 6.07 Å². The lowest BCUT2D eigenvalue weighted by Gasteiger charge is -2.09. The first-order chi connectivity index (χ1) is 8.00. The van der Waals surface area contributed by atoms with E-state index in [1.165, 1.54) is 12.8 Å². The molecule has 0 bridgehead atoms. The van der Waals surface area contributed by atoms with Gasteiger partial charge >= 0.3 is 0 Å². The van der Waals surface area contributed by atoms with Crippen molar-refractivity contribution >= 4 is 40.6 Å². The first-order valence-corrected chi connectivity index (χ1v) is 6.89. The van der Waals surface area contributed by atoms with Crippen molar-refractivity contribution in [3.63, 3.8) is 0 Å². The fraction of sp³-hybridized carbons (Fsp3) is 0.583. The summed E-state index contributed by atoms with van der Waals surface area (Å²) in [5.74, 6) is 1.35. The van der Waals surface area contributed by atoms with Gasteiger partial charge in [-0.15, -0.1) is 0 Å². The van der Waals surface area contributed by atoms with Gasteiger partial charge in [0.05, 0.1) is 10.0 Å². The highest BCUT2D eigenvalue weighted by Crippen LogP contribution is 2.28. The van der Waals surface area contributed by atoms with Gasteiger partial charge in [0.1, 0.15) is 11.0 Å². The Labute approximate surface area is 118 Å². The van der Waals surface area contributed by atoms with Crippen LogP contribution in [0.15, 0.2) is 6.07 Å². The van der Waals surface area contributed by atoms with Crippen LogP contribution in [0, 0.1) is 5.92 Å². The van der Waals surface area contributed by atoms with Gasteiger partial charge in [-0.3, -0.25) is 0 Å². The standard InChI is InChI=1S/C12H17Cl3N2/c1-8(2)5-3-4-6-16-12-10(14)7-9(13)11(15)17-12/h7-8H,3-6H2,1-2H3,(H,16,17). The Balaban J connectivity index is 2.39. The normalized spacial score (nSPS) is 10.9. The lowest BCUT2D eigenvalue weighted by Crippen LogP contribution is -2.04. The molecule has 0 radical (unpaired) electrons. The molecule has 0 aromatic carbocycles. The van der Waals surface area contributed by atoms with Gasteiger partial charge in [0.2, 0.25) is 0 Å². The van der Waals surface area contributed by atoms with E-state index in [4.69, 9.17) is 34.8 Å². The van der Waals surface area contributed by atoms with Gasteiger partial charge in [-0.25, -0.2) is 4.98 Å². The summed E-state index contributed by atoms with van der Waals surface area (Å²) >= 11 is 17.6. The second-order valence-corrected chi connectivity index (χ2v) is 5.58. The molecular weight excluding hydrogens is 279 g/mol. The second kappa shape index (κ2) is 7.30. The van der Waals surface area contributed by atoms with Crippen molar-refractivity contribution < 1.29 is 0 Å². The molecule has 1 rings (SSSR count). The third-order valence-electron chi connectivity index (χ3n) is 2.39. The zero-order chi connectivity index (χ0) is 12.8. The van der Waals surface area contributed by atoms with Gasteiger partial charge < -0.3 is 5.32 Å². The maximum atomic E-state index is 6.00. The monoisotopic (exact) mass is 294 g/mol. The third-order valence-corrected chi connectivity index (χ3v) is 3.35. The quantitative estimate of drug-likeness (QED) is 0.570. The van der Waals surface area contributed by atoms with E-state index in [2.05, 4.69) is 24.1 Å². The predicted octanol–water partition coefficient (Wildman–Crippen LogP) is 5.28. The SMILES string of the molecule is CC(C)CCCCNc1nc(Cl)c(Cl)cc1Cl. The van der Waals surface area contributed by atoms with Gasteiger partial charge in [-0.05, 0) is 18.4 Å². The molecule has 1 aromatic heterocycles. The van der Waals surface area contributed by atoms with Crippen LogP contribution in [-0.4, -0.2) is 11.5 Å². The average molecular weight is 296 g/mol. The fourth-order valence-electron chi connectivity index (χ4n) is 1.45. The Bertz CT molecular complexity index is 367. The zero-order valence-corrected chi connectivity index (χ0v) is 12.3. The van der Waals surface area contributed by atoms with E-state index in [0.29, 0.717) is 15.9 Å². The highest BCUT2D eigenvalue weighted by molar-refractivity contribution is 6.42. The number of rotatable bonds is 6. The first kappa shape index (κ1) is 14.9. The van der Waals surface area contributed by atoms with Crippen molar-refractivity contribution in [2.24, 2.45) is 5.92 Å². The number of aromatic nitrogens is 1. The number of pyridine rings is 1. The number of hydrogen-bond acceptors (Lipinski definition) is 2. The van der Waals surface area contributed by atoms with Gasteiger partial charge in [0.25, 0.3) is 0 Å². The molecule has 1 heterocycles. The molecule has 1 N–H and O–H groups in total. The number of hydrogen-bond donors (Lipinski definition) is 1. The molecule has 2 nitrogen and oxygen atoms in total. The number of anilines is 1. The summed E-state index contributed by atoms with van der Waals surface area (Å²) in [6.07, 6.45) is 3.53. The molecule has 0 aliphatic heterocycles. The third kappa shape index (κ3) is 5.33. The summed E-state index contributed by atoms with van der Waals surface area (Å²) in [6, 6.07) is 1.61. The van der Waals surface area contributed by atoms with Crippen LogP contribution in [0.25, 0.3) is 0 Å². The zero-order valence-electron chi connectivity index (χ0n) is 10.1. The lowest BCUT2D eigenvalue weighted by atomic mass is 10.1. The van der Waals surface area contributed by atoms with Crippen molar-refractivity contribution in [2.45, 2.75) is 33.1 Å². The van der Waals surface area contributed by atoms with Gasteiger partial charge in [-0.1, -0.05) is 61.5 Å². The molecule has 96 valence electrons. The van der Waals surface area contributed by atoms with E-state index in [0.717, 1.165) is 18.9 Å². The fourth-order valence-corrected chi connectivity index (χ4v) is 2.02. The maximum absolute atomic E-state index is 6.00. The summed E-state index contributed by atoms with van der Waals surface area (Å²) in [6.45, 7) is 5.30. The van der Waals surface area contributed by atoms with E-state index < -0.39 is 0 Å². The maximum Gasteiger partial charge on any atom is 0.150 e. The van der Waals surface area contributed by atoms with E-state index in [9.17, 15) is 0 Å². The number of nitrogens with zero attached hydrogens (tertiary/aromatic N) is 1. The molecule has 0 atom stereocenters. The summed E-state index contributed by atoms with van der Waals surface area (Å²) in [5.41, 5.74) is 0. The lowest BCUT2D eigenvalue weighted by molar-refractivity contribution is 0.544. The van der Waals surface area contributed by atoms with Crippen LogP contribution in [0.4, 0.5) is 5.82 Å². The van der Waals surface area contributed by atoms with Crippen LogP contribution in [0.5, 0.6) is 0 Å². The molecule has 1 aromatic rings. The highest BCUT2D eigenvalue weighted by atomic mass is 35.5. The Kier molecular flexibility index (Phi) is 6.39. The molecule has 0 saturated carbocycles. The topological polar surface area (TPSA) is 24.9 Å². The minimum atomic E-state index is 0.278. The van der Waals surface area contributed by atoms with Crippen LogP contribution < -0.4 is 5.32 Å². The average Bonchev–Trinajstić information content (AvgIpc) is 2.24. The Morgan fingerprint density at radius 2 is 1.88 bits per heavy atom. The van der Waals surface area contributed by atoms with Crippen molar-refractivity contribution in [1.29, 1.82) is 0 Å². The smallest absolute Gasteiger partial charge is 0.150 e. The van der Waals surface area contributed by atoms with Gasteiger partial charge in [-0.2, -0.15) is 0 Å². The Morgan fingerprint density at radius 3 is 2.53 bits per heavy atom. The second-order valence-electron chi connectivity index (χ2n) is 4.41. The molecule has 0 unspecified atom stereocenters. The molecule has 0 spiro atoms. The van der Waals surface area contributed by atoms with E-state index >= 15 is 0 Å². The van der Waals surface area contributed by atoms with Crippen molar-refractivity contribution in [3.8, 4) is 0 Å². The molecular formula is C12H17Cl3N2. The minimum absolute atomic E-state index is 0.278. The van der Waals surface area contributed by atoms with Crippen molar-refractivity contribution in [2.75, 3.05) is 11.9 Å². The van der Waals surface area contributed by atoms with Crippen LogP contribution in [0.3, 0.4) is 0 Å².